The summed E-state index contributed by atoms with van der Waals surface area (Å²) in [5, 5.41) is 2.63. The van der Waals surface area contributed by atoms with Gasteiger partial charge in [-0.25, -0.2) is 4.39 Å². The molecule has 2 rings (SSSR count). The Kier molecular flexibility index (Phi) is 4.69. The van der Waals surface area contributed by atoms with Crippen LogP contribution in [0.25, 0.3) is 0 Å². The molecule has 0 aliphatic rings. The third-order valence-corrected chi connectivity index (χ3v) is 4.02. The number of nitrogens with two attached hydrogens (primary N) is 1. The van der Waals surface area contributed by atoms with Gasteiger partial charge in [0.2, 0.25) is 0 Å². The van der Waals surface area contributed by atoms with E-state index in [1.54, 1.807) is 24.3 Å². The van der Waals surface area contributed by atoms with Crippen LogP contribution in [0, 0.1) is 12.7 Å². The molecule has 2 aromatic carbocycles. The van der Waals surface area contributed by atoms with Gasteiger partial charge in [0.25, 0.3) is 5.91 Å². The van der Waals surface area contributed by atoms with Crippen molar-refractivity contribution in [2.75, 3.05) is 5.32 Å². The first-order valence-corrected chi connectivity index (χ1v) is 7.26. The van der Waals surface area contributed by atoms with E-state index in [0.29, 0.717) is 5.56 Å². The summed E-state index contributed by atoms with van der Waals surface area (Å²) in [4.78, 5) is 12.1. The van der Waals surface area contributed by atoms with Crippen molar-refractivity contribution in [3.05, 3.63) is 63.4 Å². The SMILES string of the molecule is Cc1cc(C(=O)Nc2cccc(F)c2C(N)=S)ccc1Br. The third-order valence-electron chi connectivity index (χ3n) is 2.93. The van der Waals surface area contributed by atoms with Crippen molar-refractivity contribution in [3.63, 3.8) is 0 Å². The summed E-state index contributed by atoms with van der Waals surface area (Å²) < 4.78 is 14.7. The maximum Gasteiger partial charge on any atom is 0.255 e. The van der Waals surface area contributed by atoms with Crippen molar-refractivity contribution in [2.24, 2.45) is 5.73 Å². The number of carbonyl (C=O) groups is 1. The molecule has 0 heterocycles. The highest BCUT2D eigenvalue weighted by Crippen LogP contribution is 2.21. The summed E-state index contributed by atoms with van der Waals surface area (Å²) in [6.07, 6.45) is 0. The van der Waals surface area contributed by atoms with E-state index in [0.717, 1.165) is 10.0 Å². The molecule has 0 aliphatic carbocycles. The van der Waals surface area contributed by atoms with Crippen LogP contribution >= 0.6 is 28.1 Å². The highest BCUT2D eigenvalue weighted by Gasteiger charge is 2.14. The summed E-state index contributed by atoms with van der Waals surface area (Å²) in [6.45, 7) is 1.88. The van der Waals surface area contributed by atoms with Crippen LogP contribution in [0.4, 0.5) is 10.1 Å². The summed E-state index contributed by atoms with van der Waals surface area (Å²) in [6, 6.07) is 9.48. The molecule has 0 unspecified atom stereocenters. The highest BCUT2D eigenvalue weighted by molar-refractivity contribution is 9.10. The highest BCUT2D eigenvalue weighted by atomic mass is 79.9. The molecule has 2 aromatic rings. The van der Waals surface area contributed by atoms with Crippen molar-refractivity contribution in [2.45, 2.75) is 6.92 Å². The number of anilines is 1. The van der Waals surface area contributed by atoms with Crippen LogP contribution in [0.2, 0.25) is 0 Å². The molecule has 0 fully saturated rings. The smallest absolute Gasteiger partial charge is 0.255 e. The molecular formula is C15H12BrFN2OS. The maximum absolute atomic E-state index is 13.7. The fourth-order valence-electron chi connectivity index (χ4n) is 1.86. The van der Waals surface area contributed by atoms with Crippen LogP contribution in [0.5, 0.6) is 0 Å². The van der Waals surface area contributed by atoms with Gasteiger partial charge in [-0.2, -0.15) is 0 Å². The minimum Gasteiger partial charge on any atom is -0.389 e. The first kappa shape index (κ1) is 15.6. The molecule has 0 aliphatic heterocycles. The molecule has 0 spiro atoms. The molecule has 0 saturated heterocycles. The Labute approximate surface area is 135 Å². The first-order valence-electron chi connectivity index (χ1n) is 6.06. The molecule has 21 heavy (non-hydrogen) atoms. The average Bonchev–Trinajstić information content (AvgIpc) is 2.41. The van der Waals surface area contributed by atoms with Gasteiger partial charge in [-0.05, 0) is 42.8 Å². The van der Waals surface area contributed by atoms with Crippen molar-refractivity contribution < 1.29 is 9.18 Å². The zero-order chi connectivity index (χ0) is 15.6. The summed E-state index contributed by atoms with van der Waals surface area (Å²) in [5.74, 6) is -0.916. The number of benzene rings is 2. The molecule has 3 N–H and O–H groups in total. The van der Waals surface area contributed by atoms with Gasteiger partial charge in [-0.3, -0.25) is 4.79 Å². The van der Waals surface area contributed by atoms with Crippen LogP contribution in [0.15, 0.2) is 40.9 Å². The lowest BCUT2D eigenvalue weighted by Gasteiger charge is -2.11. The van der Waals surface area contributed by atoms with Crippen LogP contribution < -0.4 is 11.1 Å². The first-order chi connectivity index (χ1) is 9.90. The number of aryl methyl sites for hydroxylation is 1. The molecule has 3 nitrogen and oxygen atoms in total. The van der Waals surface area contributed by atoms with E-state index < -0.39 is 5.82 Å². The lowest BCUT2D eigenvalue weighted by Crippen LogP contribution is -2.19. The van der Waals surface area contributed by atoms with E-state index in [4.69, 9.17) is 18.0 Å². The zero-order valence-corrected chi connectivity index (χ0v) is 13.5. The Morgan fingerprint density at radius 3 is 2.67 bits per heavy atom. The number of hydrogen-bond donors (Lipinski definition) is 2. The van der Waals surface area contributed by atoms with E-state index >= 15 is 0 Å². The number of thiocarbonyl (C=S) groups is 1. The van der Waals surface area contributed by atoms with Gasteiger partial charge in [0.15, 0.2) is 0 Å². The number of rotatable bonds is 3. The average molecular weight is 367 g/mol. The second-order valence-corrected chi connectivity index (χ2v) is 5.74. The van der Waals surface area contributed by atoms with E-state index in [1.807, 2.05) is 6.92 Å². The van der Waals surface area contributed by atoms with Gasteiger partial charge in [0.05, 0.1) is 11.3 Å². The Morgan fingerprint density at radius 2 is 2.05 bits per heavy atom. The van der Waals surface area contributed by atoms with Crippen molar-refractivity contribution >= 4 is 44.7 Å². The van der Waals surface area contributed by atoms with E-state index in [-0.39, 0.29) is 22.1 Å². The number of nitrogens with one attached hydrogen (secondary N) is 1. The van der Waals surface area contributed by atoms with E-state index in [1.165, 1.54) is 12.1 Å². The Morgan fingerprint density at radius 1 is 1.33 bits per heavy atom. The van der Waals surface area contributed by atoms with Crippen LogP contribution in [-0.2, 0) is 0 Å². The molecule has 108 valence electrons. The van der Waals surface area contributed by atoms with Crippen LogP contribution in [-0.4, -0.2) is 10.9 Å². The standard InChI is InChI=1S/C15H12BrFN2OS/c1-8-7-9(5-6-10(8)16)15(20)19-12-4-2-3-11(17)13(12)14(18)21/h2-7H,1H3,(H2,18,21)(H,19,20). The number of hydrogen-bond acceptors (Lipinski definition) is 2. The molecule has 0 saturated carbocycles. The van der Waals surface area contributed by atoms with Gasteiger partial charge in [0, 0.05) is 10.0 Å². The van der Waals surface area contributed by atoms with Crippen molar-refractivity contribution in [3.8, 4) is 0 Å². The molecule has 6 heteroatoms. The number of halogens is 2. The summed E-state index contributed by atoms with van der Waals surface area (Å²) >= 11 is 8.20. The fraction of sp³-hybridized carbons (Fsp3) is 0.0667. The topological polar surface area (TPSA) is 55.1 Å². The van der Waals surface area contributed by atoms with Crippen molar-refractivity contribution in [1.82, 2.24) is 0 Å². The molecular weight excluding hydrogens is 355 g/mol. The molecule has 0 atom stereocenters. The predicted octanol–water partition coefficient (Wildman–Crippen LogP) is 3.78. The summed E-state index contributed by atoms with van der Waals surface area (Å²) in [5.41, 5.74) is 7.20. The van der Waals surface area contributed by atoms with Crippen LogP contribution in [0.1, 0.15) is 21.5 Å². The monoisotopic (exact) mass is 366 g/mol. The fourth-order valence-corrected chi connectivity index (χ4v) is 2.31. The molecule has 1 amide bonds. The second-order valence-electron chi connectivity index (χ2n) is 4.44. The largest absolute Gasteiger partial charge is 0.389 e. The Bertz CT molecular complexity index is 734. The van der Waals surface area contributed by atoms with Gasteiger partial charge in [0.1, 0.15) is 10.8 Å². The van der Waals surface area contributed by atoms with Gasteiger partial charge in [-0.1, -0.05) is 34.2 Å². The minimum atomic E-state index is -0.563. The molecule has 0 aromatic heterocycles. The van der Waals surface area contributed by atoms with Crippen LogP contribution in [0.3, 0.4) is 0 Å². The zero-order valence-electron chi connectivity index (χ0n) is 11.1. The predicted molar refractivity (Wildman–Crippen MR) is 89.1 cm³/mol. The Hall–Kier alpha value is -1.79. The lowest BCUT2D eigenvalue weighted by molar-refractivity contribution is 0.102. The van der Waals surface area contributed by atoms with E-state index in [9.17, 15) is 9.18 Å². The molecule has 0 radical (unpaired) electrons. The maximum atomic E-state index is 13.7. The number of amides is 1. The quantitative estimate of drug-likeness (QED) is 0.812. The van der Waals surface area contributed by atoms with E-state index in [2.05, 4.69) is 21.2 Å². The molecule has 0 bridgehead atoms. The summed E-state index contributed by atoms with van der Waals surface area (Å²) in [7, 11) is 0. The second kappa shape index (κ2) is 6.32. The van der Waals surface area contributed by atoms with Crippen molar-refractivity contribution in [1.29, 1.82) is 0 Å². The normalized spacial score (nSPS) is 10.2. The van der Waals surface area contributed by atoms with Gasteiger partial charge >= 0.3 is 0 Å². The third kappa shape index (κ3) is 3.46. The minimum absolute atomic E-state index is 0.0367. The Balaban J connectivity index is 2.34. The lowest BCUT2D eigenvalue weighted by atomic mass is 10.1. The van der Waals surface area contributed by atoms with Gasteiger partial charge < -0.3 is 11.1 Å². The van der Waals surface area contributed by atoms with Gasteiger partial charge in [-0.15, -0.1) is 0 Å². The number of carbonyl (C=O) groups excluding carboxylic acids is 1.